The predicted octanol–water partition coefficient (Wildman–Crippen LogP) is 3.62. The van der Waals surface area contributed by atoms with Crippen LogP contribution in [0.2, 0.25) is 0 Å². The fourth-order valence-electron chi connectivity index (χ4n) is 3.97. The molecule has 0 radical (unpaired) electrons. The van der Waals surface area contributed by atoms with E-state index in [0.717, 1.165) is 17.0 Å². The number of ether oxygens (including phenoxy) is 2. The van der Waals surface area contributed by atoms with Crippen molar-refractivity contribution in [2.45, 2.75) is 33.1 Å². The molecule has 0 bridgehead atoms. The minimum atomic E-state index is -0.346. The van der Waals surface area contributed by atoms with Crippen LogP contribution in [0.15, 0.2) is 36.4 Å². The molecule has 1 aliphatic heterocycles. The Balaban J connectivity index is 1.72. The molecule has 180 valence electrons. The third kappa shape index (κ3) is 4.55. The monoisotopic (exact) mass is 465 g/mol. The topological polar surface area (TPSA) is 89.3 Å². The molecule has 1 aliphatic rings. The summed E-state index contributed by atoms with van der Waals surface area (Å²) in [4.78, 5) is 33.5. The van der Waals surface area contributed by atoms with Gasteiger partial charge >= 0.3 is 6.09 Å². The zero-order valence-electron chi connectivity index (χ0n) is 20.4. The quantitative estimate of drug-likeness (QED) is 0.585. The first-order valence-corrected chi connectivity index (χ1v) is 11.5. The second-order valence-corrected chi connectivity index (χ2v) is 9.25. The number of benzene rings is 1. The highest BCUT2D eigenvalue weighted by Gasteiger charge is 2.28. The molecule has 2 amide bonds. The highest BCUT2D eigenvalue weighted by atomic mass is 16.6. The summed E-state index contributed by atoms with van der Waals surface area (Å²) in [5, 5.41) is 4.81. The van der Waals surface area contributed by atoms with Crippen LogP contribution in [0.1, 0.15) is 43.9 Å². The second kappa shape index (κ2) is 9.32. The Morgan fingerprint density at radius 2 is 1.71 bits per heavy atom. The van der Waals surface area contributed by atoms with Crippen molar-refractivity contribution in [1.29, 1.82) is 0 Å². The first kappa shape index (κ1) is 23.5. The van der Waals surface area contributed by atoms with Crippen LogP contribution in [0.5, 0.6) is 5.75 Å². The van der Waals surface area contributed by atoms with Crippen molar-refractivity contribution in [3.63, 3.8) is 0 Å². The molecular formula is C25H31N5O4. The number of carbonyl (C=O) groups is 2. The van der Waals surface area contributed by atoms with E-state index < -0.39 is 0 Å². The van der Waals surface area contributed by atoms with Crippen LogP contribution in [0.4, 0.5) is 4.79 Å². The van der Waals surface area contributed by atoms with Crippen LogP contribution in [-0.2, 0) is 10.2 Å². The largest absolute Gasteiger partial charge is 0.496 e. The summed E-state index contributed by atoms with van der Waals surface area (Å²) < 4.78 is 12.4. The first-order chi connectivity index (χ1) is 16.2. The van der Waals surface area contributed by atoms with Gasteiger partial charge in [0.2, 0.25) is 0 Å². The minimum Gasteiger partial charge on any atom is -0.496 e. The molecule has 3 aromatic rings. The van der Waals surface area contributed by atoms with E-state index in [9.17, 15) is 9.59 Å². The fraction of sp³-hybridized carbons (Fsp3) is 0.440. The van der Waals surface area contributed by atoms with Crippen LogP contribution in [-0.4, -0.2) is 76.3 Å². The van der Waals surface area contributed by atoms with Gasteiger partial charge in [-0.15, -0.1) is 0 Å². The van der Waals surface area contributed by atoms with Crippen molar-refractivity contribution >= 4 is 17.6 Å². The number of carbonyl (C=O) groups excluding carboxylic acids is 2. The number of hydrogen-bond donors (Lipinski definition) is 0. The molecule has 0 unspecified atom stereocenters. The Morgan fingerprint density at radius 3 is 2.35 bits per heavy atom. The predicted molar refractivity (Wildman–Crippen MR) is 128 cm³/mol. The zero-order chi connectivity index (χ0) is 24.5. The summed E-state index contributed by atoms with van der Waals surface area (Å²) in [7, 11) is 1.62. The van der Waals surface area contributed by atoms with Crippen molar-refractivity contribution in [3.05, 3.63) is 47.8 Å². The van der Waals surface area contributed by atoms with Crippen LogP contribution in [0.3, 0.4) is 0 Å². The Bertz CT molecular complexity index is 1210. The average molecular weight is 466 g/mol. The molecule has 1 fully saturated rings. The number of hydrogen-bond acceptors (Lipinski definition) is 6. The highest BCUT2D eigenvalue weighted by molar-refractivity contribution is 5.94. The van der Waals surface area contributed by atoms with Crippen molar-refractivity contribution in [2.24, 2.45) is 0 Å². The molecule has 0 N–H and O–H groups in total. The lowest BCUT2D eigenvalue weighted by atomic mass is 9.93. The molecule has 9 nitrogen and oxygen atoms in total. The van der Waals surface area contributed by atoms with Crippen LogP contribution in [0.25, 0.3) is 16.9 Å². The Labute approximate surface area is 199 Å². The highest BCUT2D eigenvalue weighted by Crippen LogP contribution is 2.32. The molecule has 9 heteroatoms. The Morgan fingerprint density at radius 1 is 1.03 bits per heavy atom. The van der Waals surface area contributed by atoms with Gasteiger partial charge in [-0.05, 0) is 25.1 Å². The molecule has 0 spiro atoms. The molecule has 2 aromatic heterocycles. The minimum absolute atomic E-state index is 0.180. The number of aromatic nitrogens is 3. The molecule has 0 saturated carbocycles. The lowest BCUT2D eigenvalue weighted by Gasteiger charge is -2.33. The molecule has 0 atom stereocenters. The van der Waals surface area contributed by atoms with E-state index in [2.05, 4.69) is 25.8 Å². The Kier molecular flexibility index (Phi) is 6.45. The normalized spacial score (nSPS) is 14.4. The third-order valence-electron chi connectivity index (χ3n) is 5.89. The molecule has 1 aromatic carbocycles. The van der Waals surface area contributed by atoms with Crippen molar-refractivity contribution in [1.82, 2.24) is 24.4 Å². The number of methoxy groups -OCH3 is 1. The summed E-state index contributed by atoms with van der Waals surface area (Å²) in [5.74, 6) is 0.505. The lowest BCUT2D eigenvalue weighted by molar-refractivity contribution is 0.0566. The molecule has 34 heavy (non-hydrogen) atoms. The number of piperazine rings is 1. The van der Waals surface area contributed by atoms with Gasteiger partial charge in [0.1, 0.15) is 11.4 Å². The van der Waals surface area contributed by atoms with Gasteiger partial charge in [-0.1, -0.05) is 32.9 Å². The van der Waals surface area contributed by atoms with Gasteiger partial charge in [-0.3, -0.25) is 4.79 Å². The van der Waals surface area contributed by atoms with E-state index in [1.807, 2.05) is 30.3 Å². The number of fused-ring (bicyclic) bond motifs is 1. The standard InChI is InChI=1S/C25H31N5O4/c1-6-34-24(32)29-13-11-28(12-14-29)23(31)18-15-19(17-9-7-8-10-20(17)33-5)30-22(26-18)16-21(27-30)25(2,3)4/h7-10,15-16H,6,11-14H2,1-5H3. The van der Waals surface area contributed by atoms with E-state index in [-0.39, 0.29) is 17.4 Å². The first-order valence-electron chi connectivity index (χ1n) is 11.5. The summed E-state index contributed by atoms with van der Waals surface area (Å²) in [6, 6.07) is 11.3. The van der Waals surface area contributed by atoms with Gasteiger partial charge in [0.15, 0.2) is 5.65 Å². The van der Waals surface area contributed by atoms with E-state index >= 15 is 0 Å². The van der Waals surface area contributed by atoms with Crippen molar-refractivity contribution in [2.75, 3.05) is 39.9 Å². The van der Waals surface area contributed by atoms with Gasteiger partial charge in [-0.25, -0.2) is 14.3 Å². The van der Waals surface area contributed by atoms with Crippen molar-refractivity contribution < 1.29 is 19.1 Å². The average Bonchev–Trinajstić information content (AvgIpc) is 3.28. The van der Waals surface area contributed by atoms with E-state index in [4.69, 9.17) is 14.6 Å². The number of amides is 2. The van der Waals surface area contributed by atoms with Crippen LogP contribution >= 0.6 is 0 Å². The summed E-state index contributed by atoms with van der Waals surface area (Å²) in [6.07, 6.45) is -0.346. The van der Waals surface area contributed by atoms with Gasteiger partial charge in [0.05, 0.1) is 25.1 Å². The lowest BCUT2D eigenvalue weighted by Crippen LogP contribution is -2.50. The van der Waals surface area contributed by atoms with E-state index in [1.54, 1.807) is 34.4 Å². The summed E-state index contributed by atoms with van der Waals surface area (Å²) in [6.45, 7) is 10.1. The maximum absolute atomic E-state index is 13.5. The third-order valence-corrected chi connectivity index (χ3v) is 5.89. The molecular weight excluding hydrogens is 434 g/mol. The maximum atomic E-state index is 13.5. The fourth-order valence-corrected chi connectivity index (χ4v) is 3.97. The van der Waals surface area contributed by atoms with Crippen LogP contribution in [0, 0.1) is 0 Å². The number of rotatable bonds is 4. The van der Waals surface area contributed by atoms with Gasteiger partial charge in [0, 0.05) is 43.2 Å². The summed E-state index contributed by atoms with van der Waals surface area (Å²) >= 11 is 0. The van der Waals surface area contributed by atoms with E-state index in [1.165, 1.54) is 0 Å². The summed E-state index contributed by atoms with van der Waals surface area (Å²) in [5.41, 5.74) is 3.18. The maximum Gasteiger partial charge on any atom is 0.409 e. The van der Waals surface area contributed by atoms with Gasteiger partial charge < -0.3 is 19.3 Å². The molecule has 3 heterocycles. The second-order valence-electron chi connectivity index (χ2n) is 9.25. The molecule has 0 aliphatic carbocycles. The molecule has 4 rings (SSSR count). The molecule has 1 saturated heterocycles. The SMILES string of the molecule is CCOC(=O)N1CCN(C(=O)c2cc(-c3ccccc3OC)n3nc(C(C)(C)C)cc3n2)CC1. The zero-order valence-corrected chi connectivity index (χ0v) is 20.4. The number of nitrogens with zero attached hydrogens (tertiary/aromatic N) is 5. The van der Waals surface area contributed by atoms with Gasteiger partial charge in [-0.2, -0.15) is 5.10 Å². The van der Waals surface area contributed by atoms with Gasteiger partial charge in [0.25, 0.3) is 5.91 Å². The Hall–Kier alpha value is -3.62. The van der Waals surface area contributed by atoms with Crippen molar-refractivity contribution in [3.8, 4) is 17.0 Å². The smallest absolute Gasteiger partial charge is 0.409 e. The van der Waals surface area contributed by atoms with E-state index in [0.29, 0.717) is 49.9 Å². The number of para-hydroxylation sites is 1. The van der Waals surface area contributed by atoms with Crippen LogP contribution < -0.4 is 4.74 Å².